The lowest BCUT2D eigenvalue weighted by molar-refractivity contribution is 1.14. The van der Waals surface area contributed by atoms with Crippen molar-refractivity contribution in [2.24, 2.45) is 5.40 Å². The highest BCUT2D eigenvalue weighted by atomic mass is 28.3. The average Bonchev–Trinajstić information content (AvgIpc) is 1.35. The summed E-state index contributed by atoms with van der Waals surface area (Å²) < 4.78 is 0. The smallest absolute Gasteiger partial charge is 0.192 e. The first-order valence-electron chi connectivity index (χ1n) is 2.04. The minimum Gasteiger partial charge on any atom is -0.339 e. The maximum atomic E-state index is 5.56. The molecule has 0 aliphatic carbocycles. The monoisotopic (exact) mass is 104 g/mol. The average molecular weight is 104 g/mol. The number of hydrogen-bond acceptors (Lipinski definition) is 2. The van der Waals surface area contributed by atoms with E-state index in [-0.39, 0.29) is 0 Å². The molecule has 0 spiro atoms. The maximum Gasteiger partial charge on any atom is 0.192 e. The van der Waals surface area contributed by atoms with Gasteiger partial charge in [-0.15, -0.1) is 0 Å². The SMILES string of the molecule is CN[Si](C)(C)N. The van der Waals surface area contributed by atoms with E-state index in [0.717, 1.165) is 0 Å². The molecule has 0 aromatic rings. The quantitative estimate of drug-likeness (QED) is 0.455. The first-order valence-corrected chi connectivity index (χ1v) is 5.12. The Morgan fingerprint density at radius 1 is 1.50 bits per heavy atom. The Bertz CT molecular complexity index is 38.5. The van der Waals surface area contributed by atoms with Gasteiger partial charge in [0.05, 0.1) is 0 Å². The van der Waals surface area contributed by atoms with Gasteiger partial charge >= 0.3 is 0 Å². The molecule has 3 N–H and O–H groups in total. The minimum atomic E-state index is -1.38. The van der Waals surface area contributed by atoms with Gasteiger partial charge < -0.3 is 10.4 Å². The van der Waals surface area contributed by atoms with Gasteiger partial charge in [0.15, 0.2) is 8.40 Å². The molecule has 38 valence electrons. The van der Waals surface area contributed by atoms with Crippen molar-refractivity contribution in [1.29, 1.82) is 0 Å². The number of nitrogens with one attached hydrogen (secondary N) is 1. The van der Waals surface area contributed by atoms with Crippen LogP contribution in [0.3, 0.4) is 0 Å². The van der Waals surface area contributed by atoms with E-state index in [1.165, 1.54) is 0 Å². The van der Waals surface area contributed by atoms with E-state index in [4.69, 9.17) is 5.40 Å². The predicted molar refractivity (Wildman–Crippen MR) is 30.7 cm³/mol. The Kier molecular flexibility index (Phi) is 1.77. The Morgan fingerprint density at radius 3 is 1.67 bits per heavy atom. The predicted octanol–water partition coefficient (Wildman–Crippen LogP) is -0.134. The van der Waals surface area contributed by atoms with Crippen molar-refractivity contribution in [1.82, 2.24) is 4.98 Å². The first kappa shape index (κ1) is 6.14. The van der Waals surface area contributed by atoms with Gasteiger partial charge in [0.25, 0.3) is 0 Å². The normalized spacial score (nSPS) is 12.0. The summed E-state index contributed by atoms with van der Waals surface area (Å²) in [7, 11) is 0.514. The minimum absolute atomic E-state index is 1.38. The highest BCUT2D eigenvalue weighted by molar-refractivity contribution is 6.71. The molecule has 0 saturated heterocycles. The van der Waals surface area contributed by atoms with Crippen LogP contribution in [-0.4, -0.2) is 15.4 Å². The molecule has 0 aliphatic rings. The zero-order chi connectivity index (χ0) is 5.21. The van der Waals surface area contributed by atoms with Crippen LogP contribution < -0.4 is 10.4 Å². The van der Waals surface area contributed by atoms with E-state index < -0.39 is 8.40 Å². The van der Waals surface area contributed by atoms with Crippen molar-refractivity contribution >= 4 is 8.40 Å². The first-order chi connectivity index (χ1) is 2.56. The second kappa shape index (κ2) is 1.73. The largest absolute Gasteiger partial charge is 0.339 e. The fourth-order valence-corrected chi connectivity index (χ4v) is 0. The van der Waals surface area contributed by atoms with Crippen LogP contribution in [0.2, 0.25) is 13.1 Å². The third-order valence-corrected chi connectivity index (χ3v) is 1.93. The number of rotatable bonds is 1. The number of nitrogens with two attached hydrogens (primary N) is 1. The van der Waals surface area contributed by atoms with Gasteiger partial charge in [-0.3, -0.25) is 0 Å². The molecule has 3 heteroatoms. The Labute approximate surface area is 39.9 Å². The summed E-state index contributed by atoms with van der Waals surface area (Å²) in [4.78, 5) is 3.02. The molecule has 6 heavy (non-hydrogen) atoms. The van der Waals surface area contributed by atoms with Crippen molar-refractivity contribution in [3.63, 3.8) is 0 Å². The third-order valence-electron chi connectivity index (χ3n) is 0.644. The van der Waals surface area contributed by atoms with E-state index in [1.807, 2.05) is 20.1 Å². The molecule has 0 rings (SSSR count). The third kappa shape index (κ3) is 4.14. The molecule has 0 fully saturated rings. The molecule has 0 radical (unpaired) electrons. The molecular formula is C3H12N2Si. The molecule has 0 aromatic heterocycles. The summed E-state index contributed by atoms with van der Waals surface area (Å²) in [6.07, 6.45) is 0. The van der Waals surface area contributed by atoms with E-state index >= 15 is 0 Å². The van der Waals surface area contributed by atoms with Crippen LogP contribution in [0.4, 0.5) is 0 Å². The highest BCUT2D eigenvalue weighted by Crippen LogP contribution is 1.77. The van der Waals surface area contributed by atoms with Crippen LogP contribution in [0.15, 0.2) is 0 Å². The van der Waals surface area contributed by atoms with E-state index in [9.17, 15) is 0 Å². The molecule has 0 unspecified atom stereocenters. The van der Waals surface area contributed by atoms with Crippen LogP contribution in [0.25, 0.3) is 0 Å². The molecule has 0 aromatic carbocycles. The van der Waals surface area contributed by atoms with Gasteiger partial charge in [0, 0.05) is 0 Å². The van der Waals surface area contributed by atoms with Crippen LogP contribution >= 0.6 is 0 Å². The van der Waals surface area contributed by atoms with Gasteiger partial charge in [-0.2, -0.15) is 0 Å². The van der Waals surface area contributed by atoms with Gasteiger partial charge in [0.2, 0.25) is 0 Å². The van der Waals surface area contributed by atoms with Gasteiger partial charge in [0.1, 0.15) is 0 Å². The van der Waals surface area contributed by atoms with Crippen molar-refractivity contribution in [2.45, 2.75) is 13.1 Å². The zero-order valence-electron chi connectivity index (χ0n) is 4.58. The molecule has 0 heterocycles. The van der Waals surface area contributed by atoms with Crippen LogP contribution in [0, 0.1) is 0 Å². The van der Waals surface area contributed by atoms with E-state index in [1.54, 1.807) is 0 Å². The topological polar surface area (TPSA) is 38.0 Å². The van der Waals surface area contributed by atoms with Gasteiger partial charge in [-0.1, -0.05) is 0 Å². The fraction of sp³-hybridized carbons (Fsp3) is 1.00. The van der Waals surface area contributed by atoms with Crippen molar-refractivity contribution in [2.75, 3.05) is 7.05 Å². The molecule has 2 nitrogen and oxygen atoms in total. The Hall–Kier alpha value is 0.137. The molecular weight excluding hydrogens is 92.1 g/mol. The maximum absolute atomic E-state index is 5.56. The standard InChI is InChI=1S/C3H12N2Si/c1-5-6(2,3)4/h5H,4H2,1-3H3. The highest BCUT2D eigenvalue weighted by Gasteiger charge is 2.07. The Balaban J connectivity index is 3.17. The number of hydrogen-bond donors (Lipinski definition) is 2. The van der Waals surface area contributed by atoms with Crippen molar-refractivity contribution in [3.8, 4) is 0 Å². The van der Waals surface area contributed by atoms with Gasteiger partial charge in [-0.25, -0.2) is 0 Å². The summed E-state index contributed by atoms with van der Waals surface area (Å²) >= 11 is 0. The summed E-state index contributed by atoms with van der Waals surface area (Å²) in [5, 5.41) is 5.56. The summed E-state index contributed by atoms with van der Waals surface area (Å²) in [5.74, 6) is 0. The summed E-state index contributed by atoms with van der Waals surface area (Å²) in [6, 6.07) is 0. The van der Waals surface area contributed by atoms with Crippen LogP contribution in [0.5, 0.6) is 0 Å². The van der Waals surface area contributed by atoms with Crippen molar-refractivity contribution < 1.29 is 0 Å². The Morgan fingerprint density at radius 2 is 1.67 bits per heavy atom. The van der Waals surface area contributed by atoms with E-state index in [2.05, 4.69) is 4.98 Å². The van der Waals surface area contributed by atoms with Crippen LogP contribution in [-0.2, 0) is 0 Å². The van der Waals surface area contributed by atoms with E-state index in [0.29, 0.717) is 0 Å². The summed E-state index contributed by atoms with van der Waals surface area (Å²) in [6.45, 7) is 4.10. The second-order valence-electron chi connectivity index (χ2n) is 1.97. The van der Waals surface area contributed by atoms with Crippen molar-refractivity contribution in [3.05, 3.63) is 0 Å². The lowest BCUT2D eigenvalue weighted by atomic mass is 11.6. The molecule has 0 bridgehead atoms. The fourth-order valence-electron chi connectivity index (χ4n) is 0. The van der Waals surface area contributed by atoms with Crippen LogP contribution in [0.1, 0.15) is 0 Å². The lowest BCUT2D eigenvalue weighted by Gasteiger charge is -2.11. The molecule has 0 aliphatic heterocycles. The molecule has 0 saturated carbocycles. The molecule has 0 amide bonds. The zero-order valence-corrected chi connectivity index (χ0v) is 5.58. The molecule has 0 atom stereocenters. The lowest BCUT2D eigenvalue weighted by Crippen LogP contribution is -2.51. The van der Waals surface area contributed by atoms with Gasteiger partial charge in [-0.05, 0) is 20.1 Å². The summed E-state index contributed by atoms with van der Waals surface area (Å²) in [5.41, 5.74) is 0. The second-order valence-corrected chi connectivity index (χ2v) is 5.92.